The number of nitrogens with one attached hydrogen (secondary N) is 2. The molecule has 0 radical (unpaired) electrons. The Bertz CT molecular complexity index is 586. The van der Waals surface area contributed by atoms with Gasteiger partial charge in [-0.15, -0.1) is 0 Å². The van der Waals surface area contributed by atoms with Crippen molar-refractivity contribution >= 4 is 22.0 Å². The van der Waals surface area contributed by atoms with Crippen LogP contribution in [0.25, 0.3) is 0 Å². The summed E-state index contributed by atoms with van der Waals surface area (Å²) in [6, 6.07) is 17.8. The predicted molar refractivity (Wildman–Crippen MR) is 89.2 cm³/mol. The van der Waals surface area contributed by atoms with Crippen LogP contribution in [0.5, 0.6) is 0 Å². The van der Waals surface area contributed by atoms with Crippen LogP contribution < -0.4 is 10.6 Å². The number of hydrogen-bond acceptors (Lipinski definition) is 1. The topological polar surface area (TPSA) is 41.1 Å². The number of rotatable bonds is 5. The molecule has 0 unspecified atom stereocenters. The minimum absolute atomic E-state index is 0.0442. The first kappa shape index (κ1) is 15.6. The summed E-state index contributed by atoms with van der Waals surface area (Å²) in [5.74, 6) is 0. The van der Waals surface area contributed by atoms with Gasteiger partial charge in [-0.25, -0.2) is 4.79 Å². The van der Waals surface area contributed by atoms with Gasteiger partial charge >= 0.3 is 6.03 Å². The standard InChI is InChI=1S/C17H19BrN2O/c1-13(15-9-5-6-10-16(15)18)20-17(21)19-12-11-14-7-3-2-4-8-14/h2-10,13H,11-12H2,1H3,(H2,19,20,21)/t13-/m1/s1. The Kier molecular flexibility index (Phi) is 5.81. The summed E-state index contributed by atoms with van der Waals surface area (Å²) in [6.07, 6.45) is 0.831. The minimum atomic E-state index is -0.144. The molecule has 0 saturated heterocycles. The molecule has 110 valence electrons. The molecule has 2 aromatic carbocycles. The molecule has 0 spiro atoms. The van der Waals surface area contributed by atoms with Crippen molar-refractivity contribution in [3.05, 3.63) is 70.2 Å². The molecule has 0 aliphatic carbocycles. The highest BCUT2D eigenvalue weighted by atomic mass is 79.9. The molecule has 2 N–H and O–H groups in total. The summed E-state index contributed by atoms with van der Waals surface area (Å²) in [4.78, 5) is 11.9. The van der Waals surface area contributed by atoms with Gasteiger partial charge in [0, 0.05) is 11.0 Å². The van der Waals surface area contributed by atoms with Crippen LogP contribution in [-0.4, -0.2) is 12.6 Å². The Morgan fingerprint density at radius 1 is 1.10 bits per heavy atom. The van der Waals surface area contributed by atoms with E-state index in [4.69, 9.17) is 0 Å². The Balaban J connectivity index is 1.78. The number of halogens is 1. The van der Waals surface area contributed by atoms with E-state index in [0.717, 1.165) is 16.5 Å². The van der Waals surface area contributed by atoms with Crippen LogP contribution in [0.15, 0.2) is 59.1 Å². The van der Waals surface area contributed by atoms with Crippen molar-refractivity contribution in [2.45, 2.75) is 19.4 Å². The van der Waals surface area contributed by atoms with Crippen LogP contribution in [0.3, 0.4) is 0 Å². The maximum absolute atomic E-state index is 11.9. The Hall–Kier alpha value is -1.81. The van der Waals surface area contributed by atoms with Crippen molar-refractivity contribution in [2.75, 3.05) is 6.54 Å². The summed E-state index contributed by atoms with van der Waals surface area (Å²) < 4.78 is 1.00. The largest absolute Gasteiger partial charge is 0.338 e. The highest BCUT2D eigenvalue weighted by Gasteiger charge is 2.11. The zero-order valence-electron chi connectivity index (χ0n) is 12.0. The van der Waals surface area contributed by atoms with Gasteiger partial charge in [0.2, 0.25) is 0 Å². The fourth-order valence-corrected chi connectivity index (χ4v) is 2.74. The lowest BCUT2D eigenvalue weighted by atomic mass is 10.1. The number of carbonyl (C=O) groups excluding carboxylic acids is 1. The highest BCUT2D eigenvalue weighted by molar-refractivity contribution is 9.10. The Morgan fingerprint density at radius 3 is 2.48 bits per heavy atom. The molecule has 2 amide bonds. The quantitative estimate of drug-likeness (QED) is 0.842. The van der Waals surface area contributed by atoms with E-state index in [2.05, 4.69) is 38.7 Å². The Morgan fingerprint density at radius 2 is 1.76 bits per heavy atom. The molecule has 0 saturated carbocycles. The zero-order valence-corrected chi connectivity index (χ0v) is 13.6. The normalized spacial score (nSPS) is 11.7. The second kappa shape index (κ2) is 7.84. The van der Waals surface area contributed by atoms with E-state index >= 15 is 0 Å². The van der Waals surface area contributed by atoms with Gasteiger partial charge < -0.3 is 10.6 Å². The van der Waals surface area contributed by atoms with E-state index < -0.39 is 0 Å². The Labute approximate surface area is 133 Å². The molecule has 0 aliphatic rings. The number of amides is 2. The van der Waals surface area contributed by atoms with E-state index in [9.17, 15) is 4.79 Å². The number of carbonyl (C=O) groups is 1. The van der Waals surface area contributed by atoms with Crippen molar-refractivity contribution in [2.24, 2.45) is 0 Å². The average molecular weight is 347 g/mol. The first-order valence-corrected chi connectivity index (χ1v) is 7.79. The van der Waals surface area contributed by atoms with Crippen LogP contribution in [0.1, 0.15) is 24.1 Å². The molecule has 21 heavy (non-hydrogen) atoms. The van der Waals surface area contributed by atoms with Crippen LogP contribution in [-0.2, 0) is 6.42 Å². The molecule has 0 aliphatic heterocycles. The van der Waals surface area contributed by atoms with E-state index in [-0.39, 0.29) is 12.1 Å². The molecule has 1 atom stereocenters. The van der Waals surface area contributed by atoms with E-state index in [1.54, 1.807) is 0 Å². The summed E-state index contributed by atoms with van der Waals surface area (Å²) in [5, 5.41) is 5.83. The first-order chi connectivity index (χ1) is 10.2. The summed E-state index contributed by atoms with van der Waals surface area (Å²) in [5.41, 5.74) is 2.28. The highest BCUT2D eigenvalue weighted by Crippen LogP contribution is 2.22. The van der Waals surface area contributed by atoms with Gasteiger partial charge in [-0.05, 0) is 30.5 Å². The molecular weight excluding hydrogens is 328 g/mol. The van der Waals surface area contributed by atoms with Crippen LogP contribution >= 0.6 is 15.9 Å². The maximum atomic E-state index is 11.9. The molecule has 3 nitrogen and oxygen atoms in total. The zero-order chi connectivity index (χ0) is 15.1. The van der Waals surface area contributed by atoms with Gasteiger partial charge in [0.1, 0.15) is 0 Å². The van der Waals surface area contributed by atoms with Crippen LogP contribution in [0.2, 0.25) is 0 Å². The fraction of sp³-hybridized carbons (Fsp3) is 0.235. The number of hydrogen-bond donors (Lipinski definition) is 2. The van der Waals surface area contributed by atoms with Gasteiger partial charge in [0.05, 0.1) is 6.04 Å². The molecular formula is C17H19BrN2O. The van der Waals surface area contributed by atoms with Crippen LogP contribution in [0.4, 0.5) is 4.79 Å². The van der Waals surface area contributed by atoms with Gasteiger partial charge in [0.25, 0.3) is 0 Å². The predicted octanol–water partition coefficient (Wildman–Crippen LogP) is 4.05. The second-order valence-electron chi connectivity index (χ2n) is 4.88. The van der Waals surface area contributed by atoms with Crippen LogP contribution in [0, 0.1) is 0 Å². The third kappa shape index (κ3) is 4.90. The van der Waals surface area contributed by atoms with E-state index in [1.165, 1.54) is 5.56 Å². The molecule has 2 aromatic rings. The molecule has 0 fully saturated rings. The summed E-state index contributed by atoms with van der Waals surface area (Å²) in [7, 11) is 0. The fourth-order valence-electron chi connectivity index (χ4n) is 2.12. The molecule has 0 heterocycles. The lowest BCUT2D eigenvalue weighted by Gasteiger charge is -2.16. The van der Waals surface area contributed by atoms with Crippen molar-refractivity contribution in [1.82, 2.24) is 10.6 Å². The van der Waals surface area contributed by atoms with E-state index in [1.807, 2.05) is 49.4 Å². The lowest BCUT2D eigenvalue weighted by Crippen LogP contribution is -2.38. The monoisotopic (exact) mass is 346 g/mol. The second-order valence-corrected chi connectivity index (χ2v) is 5.73. The number of urea groups is 1. The maximum Gasteiger partial charge on any atom is 0.315 e. The average Bonchev–Trinajstić information content (AvgIpc) is 2.48. The van der Waals surface area contributed by atoms with Gasteiger partial charge in [-0.3, -0.25) is 0 Å². The summed E-state index contributed by atoms with van der Waals surface area (Å²) >= 11 is 3.50. The molecule has 0 bridgehead atoms. The smallest absolute Gasteiger partial charge is 0.315 e. The molecule has 4 heteroatoms. The van der Waals surface area contributed by atoms with Gasteiger partial charge in [0.15, 0.2) is 0 Å². The minimum Gasteiger partial charge on any atom is -0.338 e. The number of benzene rings is 2. The molecule has 2 rings (SSSR count). The van der Waals surface area contributed by atoms with Crippen molar-refractivity contribution in [3.63, 3.8) is 0 Å². The SMILES string of the molecule is C[C@@H](NC(=O)NCCc1ccccc1)c1ccccc1Br. The van der Waals surface area contributed by atoms with Crippen molar-refractivity contribution < 1.29 is 4.79 Å². The first-order valence-electron chi connectivity index (χ1n) is 6.99. The molecule has 0 aromatic heterocycles. The third-order valence-corrected chi connectivity index (χ3v) is 3.98. The third-order valence-electron chi connectivity index (χ3n) is 3.26. The summed E-state index contributed by atoms with van der Waals surface area (Å²) in [6.45, 7) is 2.59. The lowest BCUT2D eigenvalue weighted by molar-refractivity contribution is 0.238. The van der Waals surface area contributed by atoms with Gasteiger partial charge in [-0.1, -0.05) is 64.5 Å². The van der Waals surface area contributed by atoms with Crippen molar-refractivity contribution in [3.8, 4) is 0 Å². The van der Waals surface area contributed by atoms with E-state index in [0.29, 0.717) is 6.54 Å². The van der Waals surface area contributed by atoms with Gasteiger partial charge in [-0.2, -0.15) is 0 Å². The van der Waals surface area contributed by atoms with Crippen molar-refractivity contribution in [1.29, 1.82) is 0 Å².